The Morgan fingerprint density at radius 2 is 1.88 bits per heavy atom. The summed E-state index contributed by atoms with van der Waals surface area (Å²) in [4.78, 5) is 2.42. The molecule has 1 heterocycles. The van der Waals surface area contributed by atoms with Crippen molar-refractivity contribution in [2.45, 2.75) is 6.42 Å². The van der Waals surface area contributed by atoms with E-state index in [1.54, 1.807) is 0 Å². The Hall–Kier alpha value is -1.32. The van der Waals surface area contributed by atoms with Crippen molar-refractivity contribution in [1.29, 1.82) is 0 Å². The molecule has 0 saturated carbocycles. The Labute approximate surface area is 103 Å². The third kappa shape index (κ3) is 3.58. The first kappa shape index (κ1) is 12.1. The lowest BCUT2D eigenvalue weighted by molar-refractivity contribution is 0.0390. The fraction of sp³-hybridized carbons (Fsp3) is 0.429. The van der Waals surface area contributed by atoms with E-state index in [-0.39, 0.29) is 0 Å². The fourth-order valence-corrected chi connectivity index (χ4v) is 1.98. The van der Waals surface area contributed by atoms with Crippen LogP contribution in [0.25, 0.3) is 5.57 Å². The van der Waals surface area contributed by atoms with Gasteiger partial charge in [-0.3, -0.25) is 4.90 Å². The van der Waals surface area contributed by atoms with Crippen molar-refractivity contribution in [2.75, 3.05) is 38.6 Å². The second-order valence-corrected chi connectivity index (χ2v) is 4.43. The Balaban J connectivity index is 1.82. The van der Waals surface area contributed by atoms with Crippen LogP contribution in [0.4, 0.5) is 5.69 Å². The Kier molecular flexibility index (Phi) is 4.18. The van der Waals surface area contributed by atoms with Crippen LogP contribution in [0.1, 0.15) is 12.0 Å². The minimum atomic E-state index is 0.801. The third-order valence-electron chi connectivity index (χ3n) is 3.15. The zero-order valence-electron chi connectivity index (χ0n) is 10.2. The number of anilines is 1. The van der Waals surface area contributed by atoms with E-state index >= 15 is 0 Å². The molecule has 0 atom stereocenters. The largest absolute Gasteiger partial charge is 0.399 e. The maximum Gasteiger partial charge on any atom is 0.0594 e. The molecule has 2 N–H and O–H groups in total. The summed E-state index contributed by atoms with van der Waals surface area (Å²) in [7, 11) is 0. The molecule has 3 nitrogen and oxygen atoms in total. The molecule has 1 aliphatic heterocycles. The molecular weight excluding hydrogens is 212 g/mol. The summed E-state index contributed by atoms with van der Waals surface area (Å²) in [5.74, 6) is 0. The molecule has 0 aliphatic carbocycles. The van der Waals surface area contributed by atoms with Gasteiger partial charge in [0.25, 0.3) is 0 Å². The number of nitrogens with zero attached hydrogens (tertiary/aromatic N) is 1. The van der Waals surface area contributed by atoms with Crippen LogP contribution in [-0.2, 0) is 4.74 Å². The first-order valence-corrected chi connectivity index (χ1v) is 6.09. The van der Waals surface area contributed by atoms with Crippen LogP contribution >= 0.6 is 0 Å². The average molecular weight is 232 g/mol. The Bertz CT molecular complexity index is 366. The molecular formula is C14H20N2O. The number of benzene rings is 1. The van der Waals surface area contributed by atoms with Crippen LogP contribution in [0.3, 0.4) is 0 Å². The van der Waals surface area contributed by atoms with E-state index in [0.29, 0.717) is 0 Å². The van der Waals surface area contributed by atoms with Gasteiger partial charge in [-0.05, 0) is 29.7 Å². The molecule has 0 amide bonds. The predicted octanol–water partition coefficient (Wildman–Crippen LogP) is 2.00. The van der Waals surface area contributed by atoms with E-state index in [0.717, 1.165) is 45.0 Å². The highest BCUT2D eigenvalue weighted by molar-refractivity contribution is 5.64. The molecule has 1 aliphatic rings. The van der Waals surface area contributed by atoms with Gasteiger partial charge in [-0.15, -0.1) is 0 Å². The van der Waals surface area contributed by atoms with Gasteiger partial charge in [0.15, 0.2) is 0 Å². The first-order valence-electron chi connectivity index (χ1n) is 6.09. The van der Waals surface area contributed by atoms with Gasteiger partial charge in [0, 0.05) is 25.3 Å². The van der Waals surface area contributed by atoms with Crippen LogP contribution in [0, 0.1) is 0 Å². The van der Waals surface area contributed by atoms with E-state index in [1.165, 1.54) is 11.1 Å². The van der Waals surface area contributed by atoms with E-state index < -0.39 is 0 Å². The lowest BCUT2D eigenvalue weighted by Crippen LogP contribution is -2.36. The summed E-state index contributed by atoms with van der Waals surface area (Å²) in [6, 6.07) is 7.93. The minimum Gasteiger partial charge on any atom is -0.399 e. The zero-order chi connectivity index (χ0) is 12.1. The summed E-state index contributed by atoms with van der Waals surface area (Å²) in [6.07, 6.45) is 1.00. The number of nitrogen functional groups attached to an aromatic ring is 1. The number of nitrogens with two attached hydrogens (primary N) is 1. The average Bonchev–Trinajstić information content (AvgIpc) is 2.38. The molecule has 3 heteroatoms. The molecule has 1 saturated heterocycles. The van der Waals surface area contributed by atoms with Crippen LogP contribution in [0.2, 0.25) is 0 Å². The first-order chi connectivity index (χ1) is 8.25. The maximum atomic E-state index is 5.67. The van der Waals surface area contributed by atoms with Crippen molar-refractivity contribution >= 4 is 11.3 Å². The van der Waals surface area contributed by atoms with Gasteiger partial charge in [0.1, 0.15) is 0 Å². The molecule has 1 aromatic carbocycles. The number of rotatable bonds is 4. The van der Waals surface area contributed by atoms with Crippen molar-refractivity contribution < 1.29 is 4.74 Å². The smallest absolute Gasteiger partial charge is 0.0594 e. The van der Waals surface area contributed by atoms with Crippen LogP contribution in [0.5, 0.6) is 0 Å². The highest BCUT2D eigenvalue weighted by Gasteiger charge is 2.10. The van der Waals surface area contributed by atoms with Crippen molar-refractivity contribution in [3.05, 3.63) is 36.4 Å². The maximum absolute atomic E-state index is 5.67. The second-order valence-electron chi connectivity index (χ2n) is 4.43. The molecule has 17 heavy (non-hydrogen) atoms. The quantitative estimate of drug-likeness (QED) is 0.807. The van der Waals surface area contributed by atoms with E-state index in [9.17, 15) is 0 Å². The molecule has 1 fully saturated rings. The second kappa shape index (κ2) is 5.84. The fourth-order valence-electron chi connectivity index (χ4n) is 1.98. The Morgan fingerprint density at radius 3 is 2.53 bits per heavy atom. The lowest BCUT2D eigenvalue weighted by Gasteiger charge is -2.26. The molecule has 92 valence electrons. The highest BCUT2D eigenvalue weighted by Crippen LogP contribution is 2.18. The van der Waals surface area contributed by atoms with Gasteiger partial charge in [-0.25, -0.2) is 0 Å². The van der Waals surface area contributed by atoms with Crippen molar-refractivity contribution in [1.82, 2.24) is 4.90 Å². The summed E-state index contributed by atoms with van der Waals surface area (Å²) >= 11 is 0. The summed E-state index contributed by atoms with van der Waals surface area (Å²) < 4.78 is 5.33. The number of ether oxygens (including phenoxy) is 1. The molecule has 0 unspecified atom stereocenters. The molecule has 0 spiro atoms. The third-order valence-corrected chi connectivity index (χ3v) is 3.15. The summed E-state index contributed by atoms with van der Waals surface area (Å²) in [5, 5.41) is 0. The summed E-state index contributed by atoms with van der Waals surface area (Å²) in [6.45, 7) is 8.99. The van der Waals surface area contributed by atoms with Crippen LogP contribution < -0.4 is 5.73 Å². The van der Waals surface area contributed by atoms with Gasteiger partial charge in [-0.1, -0.05) is 18.7 Å². The Morgan fingerprint density at radius 1 is 1.24 bits per heavy atom. The molecule has 0 aromatic heterocycles. The highest BCUT2D eigenvalue weighted by atomic mass is 16.5. The van der Waals surface area contributed by atoms with Gasteiger partial charge in [0.2, 0.25) is 0 Å². The predicted molar refractivity (Wildman–Crippen MR) is 71.8 cm³/mol. The van der Waals surface area contributed by atoms with Crippen molar-refractivity contribution in [3.8, 4) is 0 Å². The van der Waals surface area contributed by atoms with Crippen molar-refractivity contribution in [2.24, 2.45) is 0 Å². The number of hydrogen-bond acceptors (Lipinski definition) is 3. The lowest BCUT2D eigenvalue weighted by atomic mass is 10.0. The van der Waals surface area contributed by atoms with E-state index in [1.807, 2.05) is 24.3 Å². The topological polar surface area (TPSA) is 38.5 Å². The van der Waals surface area contributed by atoms with Crippen LogP contribution in [-0.4, -0.2) is 37.7 Å². The number of morpholine rings is 1. The van der Waals surface area contributed by atoms with Crippen molar-refractivity contribution in [3.63, 3.8) is 0 Å². The molecule has 1 aromatic rings. The number of hydrogen-bond donors (Lipinski definition) is 1. The zero-order valence-corrected chi connectivity index (χ0v) is 10.2. The minimum absolute atomic E-state index is 0.801. The molecule has 0 radical (unpaired) electrons. The standard InChI is InChI=1S/C14H20N2O/c1-12(13-2-4-14(15)5-3-13)6-7-16-8-10-17-11-9-16/h2-5H,1,6-11,15H2. The van der Waals surface area contributed by atoms with Gasteiger partial charge in [0.05, 0.1) is 13.2 Å². The van der Waals surface area contributed by atoms with E-state index in [2.05, 4.69) is 11.5 Å². The monoisotopic (exact) mass is 232 g/mol. The normalized spacial score (nSPS) is 16.9. The van der Waals surface area contributed by atoms with Crippen LogP contribution in [0.15, 0.2) is 30.8 Å². The SMILES string of the molecule is C=C(CCN1CCOCC1)c1ccc(N)cc1. The van der Waals surface area contributed by atoms with Gasteiger partial charge in [-0.2, -0.15) is 0 Å². The summed E-state index contributed by atoms with van der Waals surface area (Å²) in [5.41, 5.74) is 8.83. The molecule has 2 rings (SSSR count). The van der Waals surface area contributed by atoms with Gasteiger partial charge >= 0.3 is 0 Å². The van der Waals surface area contributed by atoms with E-state index in [4.69, 9.17) is 10.5 Å². The molecule has 0 bridgehead atoms. The van der Waals surface area contributed by atoms with Gasteiger partial charge < -0.3 is 10.5 Å².